The van der Waals surface area contributed by atoms with Crippen molar-refractivity contribution in [1.82, 2.24) is 4.90 Å². The van der Waals surface area contributed by atoms with Crippen molar-refractivity contribution in [2.24, 2.45) is 5.92 Å². The van der Waals surface area contributed by atoms with Crippen LogP contribution in [0.15, 0.2) is 12.1 Å². The minimum atomic E-state index is 0.0764. The van der Waals surface area contributed by atoms with Crippen molar-refractivity contribution < 1.29 is 9.53 Å². The van der Waals surface area contributed by atoms with Gasteiger partial charge in [-0.3, -0.25) is 4.79 Å². The van der Waals surface area contributed by atoms with Crippen LogP contribution in [0.1, 0.15) is 60.5 Å². The van der Waals surface area contributed by atoms with E-state index in [1.54, 1.807) is 7.11 Å². The van der Waals surface area contributed by atoms with Crippen molar-refractivity contribution >= 4 is 5.78 Å². The van der Waals surface area contributed by atoms with E-state index in [-0.39, 0.29) is 5.92 Å². The number of carbonyl (C=O) groups is 1. The van der Waals surface area contributed by atoms with Gasteiger partial charge in [0.05, 0.1) is 7.11 Å². The first-order chi connectivity index (χ1) is 11.2. The SMILES string of the molecule is COc1ccc(C(=O)C(C)CN2CCCCC2)c2c1CCCC2. The smallest absolute Gasteiger partial charge is 0.167 e. The second kappa shape index (κ2) is 7.48. The number of hydrogen-bond acceptors (Lipinski definition) is 3. The van der Waals surface area contributed by atoms with Crippen molar-refractivity contribution in [3.05, 3.63) is 28.8 Å². The van der Waals surface area contributed by atoms with Gasteiger partial charge in [-0.2, -0.15) is 0 Å². The molecule has 1 fully saturated rings. The van der Waals surface area contributed by atoms with Gasteiger partial charge in [-0.05, 0) is 74.9 Å². The maximum absolute atomic E-state index is 13.0. The first-order valence-corrected chi connectivity index (χ1v) is 9.16. The number of ether oxygens (including phenoxy) is 1. The lowest BCUT2D eigenvalue weighted by atomic mass is 9.84. The lowest BCUT2D eigenvalue weighted by molar-refractivity contribution is 0.0882. The van der Waals surface area contributed by atoms with E-state index >= 15 is 0 Å². The molecule has 1 aromatic rings. The van der Waals surface area contributed by atoms with Crippen LogP contribution >= 0.6 is 0 Å². The van der Waals surface area contributed by atoms with E-state index in [1.165, 1.54) is 43.2 Å². The van der Waals surface area contributed by atoms with E-state index in [9.17, 15) is 4.79 Å². The molecule has 3 nitrogen and oxygen atoms in total. The van der Waals surface area contributed by atoms with Crippen molar-refractivity contribution in [3.8, 4) is 5.75 Å². The molecule has 1 saturated heterocycles. The Kier molecular flexibility index (Phi) is 5.37. The van der Waals surface area contributed by atoms with Gasteiger partial charge in [0.25, 0.3) is 0 Å². The Morgan fingerprint density at radius 1 is 1.09 bits per heavy atom. The maximum atomic E-state index is 13.0. The minimum absolute atomic E-state index is 0.0764. The fourth-order valence-corrected chi connectivity index (χ4v) is 4.13. The highest BCUT2D eigenvalue weighted by molar-refractivity contribution is 5.99. The van der Waals surface area contributed by atoms with E-state index in [4.69, 9.17) is 4.74 Å². The van der Waals surface area contributed by atoms with Gasteiger partial charge in [-0.25, -0.2) is 0 Å². The number of methoxy groups -OCH3 is 1. The number of hydrogen-bond donors (Lipinski definition) is 0. The molecule has 0 bridgehead atoms. The average Bonchev–Trinajstić information content (AvgIpc) is 2.61. The molecule has 1 aliphatic carbocycles. The third-order valence-corrected chi connectivity index (χ3v) is 5.41. The first kappa shape index (κ1) is 16.5. The second-order valence-corrected chi connectivity index (χ2v) is 7.11. The summed E-state index contributed by atoms with van der Waals surface area (Å²) in [5, 5.41) is 0. The molecule has 126 valence electrons. The van der Waals surface area contributed by atoms with E-state index in [1.807, 2.05) is 12.1 Å². The van der Waals surface area contributed by atoms with E-state index < -0.39 is 0 Å². The molecule has 1 atom stereocenters. The lowest BCUT2D eigenvalue weighted by Gasteiger charge is -2.29. The number of rotatable bonds is 5. The minimum Gasteiger partial charge on any atom is -0.496 e. The molecule has 1 heterocycles. The molecule has 1 aliphatic heterocycles. The highest BCUT2D eigenvalue weighted by Crippen LogP contribution is 2.33. The Balaban J connectivity index is 1.78. The molecular formula is C20H29NO2. The summed E-state index contributed by atoms with van der Waals surface area (Å²) in [4.78, 5) is 15.5. The van der Waals surface area contributed by atoms with Crippen LogP contribution in [-0.4, -0.2) is 37.4 Å². The van der Waals surface area contributed by atoms with Crippen LogP contribution in [0.5, 0.6) is 5.75 Å². The number of Topliss-reactive ketones (excluding diaryl/α,β-unsaturated/α-hetero) is 1. The average molecular weight is 315 g/mol. The number of piperidine rings is 1. The molecule has 0 spiro atoms. The van der Waals surface area contributed by atoms with Gasteiger partial charge in [-0.15, -0.1) is 0 Å². The molecule has 1 unspecified atom stereocenters. The summed E-state index contributed by atoms with van der Waals surface area (Å²) in [5.41, 5.74) is 3.48. The Bertz CT molecular complexity index is 561. The first-order valence-electron chi connectivity index (χ1n) is 9.16. The summed E-state index contributed by atoms with van der Waals surface area (Å²) < 4.78 is 5.51. The normalized spacial score (nSPS) is 19.9. The molecule has 2 aliphatic rings. The Morgan fingerprint density at radius 3 is 2.48 bits per heavy atom. The molecule has 0 N–H and O–H groups in total. The molecule has 23 heavy (non-hydrogen) atoms. The number of likely N-dealkylation sites (tertiary alicyclic amines) is 1. The summed E-state index contributed by atoms with van der Waals surface area (Å²) in [5.74, 6) is 1.35. The van der Waals surface area contributed by atoms with Crippen molar-refractivity contribution in [3.63, 3.8) is 0 Å². The summed E-state index contributed by atoms with van der Waals surface area (Å²) in [6.07, 6.45) is 8.33. The summed E-state index contributed by atoms with van der Waals surface area (Å²) >= 11 is 0. The Labute approximate surface area is 140 Å². The molecule has 0 aromatic heterocycles. The molecule has 0 radical (unpaired) electrons. The number of ketones is 1. The van der Waals surface area contributed by atoms with Crippen molar-refractivity contribution in [2.75, 3.05) is 26.7 Å². The Morgan fingerprint density at radius 2 is 1.78 bits per heavy atom. The van der Waals surface area contributed by atoms with Gasteiger partial charge >= 0.3 is 0 Å². The van der Waals surface area contributed by atoms with Gasteiger partial charge < -0.3 is 9.64 Å². The molecular weight excluding hydrogens is 286 g/mol. The van der Waals surface area contributed by atoms with Crippen LogP contribution in [0, 0.1) is 5.92 Å². The third kappa shape index (κ3) is 3.60. The molecule has 0 saturated carbocycles. The standard InChI is InChI=1S/C20H29NO2/c1-15(14-21-12-6-3-7-13-21)20(22)18-10-11-19(23-2)17-9-5-4-8-16(17)18/h10-11,15H,3-9,12-14H2,1-2H3. The maximum Gasteiger partial charge on any atom is 0.167 e. The van der Waals surface area contributed by atoms with Gasteiger partial charge in [0, 0.05) is 18.0 Å². The fourth-order valence-electron chi connectivity index (χ4n) is 4.13. The van der Waals surface area contributed by atoms with Crippen molar-refractivity contribution in [2.45, 2.75) is 51.9 Å². The van der Waals surface area contributed by atoms with Gasteiger partial charge in [0.2, 0.25) is 0 Å². The highest BCUT2D eigenvalue weighted by Gasteiger charge is 2.25. The van der Waals surface area contributed by atoms with Crippen LogP contribution in [0.4, 0.5) is 0 Å². The monoisotopic (exact) mass is 315 g/mol. The number of carbonyl (C=O) groups excluding carboxylic acids is 1. The van der Waals surface area contributed by atoms with Gasteiger partial charge in [-0.1, -0.05) is 13.3 Å². The van der Waals surface area contributed by atoms with Crippen molar-refractivity contribution in [1.29, 1.82) is 0 Å². The van der Waals surface area contributed by atoms with Gasteiger partial charge in [0.15, 0.2) is 5.78 Å². The third-order valence-electron chi connectivity index (χ3n) is 5.41. The number of fused-ring (bicyclic) bond motifs is 1. The van der Waals surface area contributed by atoms with Crippen LogP contribution in [0.2, 0.25) is 0 Å². The zero-order valence-electron chi connectivity index (χ0n) is 14.6. The van der Waals surface area contributed by atoms with Gasteiger partial charge in [0.1, 0.15) is 5.75 Å². The quantitative estimate of drug-likeness (QED) is 0.772. The molecule has 3 rings (SSSR count). The zero-order valence-corrected chi connectivity index (χ0v) is 14.6. The molecule has 3 heteroatoms. The molecule has 1 aromatic carbocycles. The lowest BCUT2D eigenvalue weighted by Crippen LogP contribution is -2.36. The topological polar surface area (TPSA) is 29.5 Å². The summed E-state index contributed by atoms with van der Waals surface area (Å²) in [6.45, 7) is 5.30. The summed E-state index contributed by atoms with van der Waals surface area (Å²) in [6, 6.07) is 3.99. The van der Waals surface area contributed by atoms with E-state index in [0.717, 1.165) is 43.8 Å². The second-order valence-electron chi connectivity index (χ2n) is 7.11. The number of benzene rings is 1. The fraction of sp³-hybridized carbons (Fsp3) is 0.650. The van der Waals surface area contributed by atoms with Crippen LogP contribution in [-0.2, 0) is 12.8 Å². The molecule has 0 amide bonds. The van der Waals surface area contributed by atoms with Crippen LogP contribution in [0.25, 0.3) is 0 Å². The highest BCUT2D eigenvalue weighted by atomic mass is 16.5. The Hall–Kier alpha value is -1.35. The largest absolute Gasteiger partial charge is 0.496 e. The van der Waals surface area contributed by atoms with E-state index in [0.29, 0.717) is 5.78 Å². The summed E-state index contributed by atoms with van der Waals surface area (Å²) in [7, 11) is 1.73. The van der Waals surface area contributed by atoms with E-state index in [2.05, 4.69) is 11.8 Å². The van der Waals surface area contributed by atoms with Crippen LogP contribution in [0.3, 0.4) is 0 Å². The number of nitrogens with zero attached hydrogens (tertiary/aromatic N) is 1. The zero-order chi connectivity index (χ0) is 16.2. The van der Waals surface area contributed by atoms with Crippen LogP contribution < -0.4 is 4.74 Å². The predicted molar refractivity (Wildman–Crippen MR) is 93.4 cm³/mol. The predicted octanol–water partition coefficient (Wildman–Crippen LogP) is 3.88.